The Hall–Kier alpha value is -3.95. The summed E-state index contributed by atoms with van der Waals surface area (Å²) in [6.07, 6.45) is -17.6. The third-order valence-corrected chi connectivity index (χ3v) is 7.70. The first kappa shape index (κ1) is 33.4. The van der Waals surface area contributed by atoms with E-state index in [1.165, 1.54) is 6.07 Å². The van der Waals surface area contributed by atoms with E-state index >= 15 is 0 Å². The molecule has 2 aliphatic rings. The zero-order valence-corrected chi connectivity index (χ0v) is 23.8. The van der Waals surface area contributed by atoms with Crippen molar-refractivity contribution in [3.63, 3.8) is 0 Å². The third-order valence-electron chi connectivity index (χ3n) is 7.70. The monoisotopic (exact) mass is 656 g/mol. The Bertz CT molecular complexity index is 1620. The van der Waals surface area contributed by atoms with Gasteiger partial charge >= 0.3 is 0 Å². The lowest BCUT2D eigenvalue weighted by molar-refractivity contribution is -0.357. The summed E-state index contributed by atoms with van der Waals surface area (Å²) in [6, 6.07) is 4.32. The van der Waals surface area contributed by atoms with E-state index in [4.69, 9.17) is 28.1 Å². The molecule has 0 spiro atoms. The van der Waals surface area contributed by atoms with E-state index in [0.717, 1.165) is 25.3 Å². The molecule has 2 saturated heterocycles. The Morgan fingerprint density at radius 2 is 1.39 bits per heavy atom. The van der Waals surface area contributed by atoms with E-state index in [1.54, 1.807) is 0 Å². The van der Waals surface area contributed by atoms with Crippen LogP contribution in [0.25, 0.3) is 22.3 Å². The molecule has 0 saturated carbocycles. The fourth-order valence-corrected chi connectivity index (χ4v) is 5.18. The molecule has 0 unspecified atom stereocenters. The molecule has 10 atom stereocenters. The number of methoxy groups -OCH3 is 1. The summed E-state index contributed by atoms with van der Waals surface area (Å²) in [5.74, 6) is -4.35. The van der Waals surface area contributed by atoms with Crippen LogP contribution in [0.3, 0.4) is 0 Å². The summed E-state index contributed by atoms with van der Waals surface area (Å²) in [5, 5.41) is 112. The van der Waals surface area contributed by atoms with Crippen molar-refractivity contribution in [2.45, 2.75) is 61.4 Å². The average molecular weight is 657 g/mol. The Labute approximate surface area is 257 Å². The SMILES string of the molecule is COc1c(O[C@@H]2O[C@H](CO)[C@@H](O)[C@H](O)[C@H]2O[C@@H]2O[C@H](CO)[C@@H](O)[C@H](O)[C@H]2O)cc2oc(-c3ccc(O)c(O)c3)c(O)c(=O)c2c1O. The van der Waals surface area contributed by atoms with Crippen LogP contribution in [-0.4, -0.2) is 138 Å². The van der Waals surface area contributed by atoms with Gasteiger partial charge in [-0.3, -0.25) is 4.79 Å². The minimum atomic E-state index is -1.93. The Kier molecular flexibility index (Phi) is 9.47. The quantitative estimate of drug-likeness (QED) is 0.110. The summed E-state index contributed by atoms with van der Waals surface area (Å²) < 4.78 is 33.3. The van der Waals surface area contributed by atoms with Crippen LogP contribution < -0.4 is 14.9 Å². The van der Waals surface area contributed by atoms with Crippen molar-refractivity contribution in [2.75, 3.05) is 20.3 Å². The molecule has 0 bridgehead atoms. The van der Waals surface area contributed by atoms with Gasteiger partial charge < -0.3 is 84.3 Å². The van der Waals surface area contributed by atoms with Crippen LogP contribution in [0.5, 0.6) is 34.5 Å². The molecule has 252 valence electrons. The van der Waals surface area contributed by atoms with Gasteiger partial charge in [0.15, 0.2) is 41.2 Å². The Morgan fingerprint density at radius 1 is 0.761 bits per heavy atom. The zero-order valence-electron chi connectivity index (χ0n) is 23.8. The largest absolute Gasteiger partial charge is 0.504 e. The summed E-state index contributed by atoms with van der Waals surface area (Å²) in [6.45, 7) is -1.63. The Balaban J connectivity index is 1.57. The van der Waals surface area contributed by atoms with Gasteiger partial charge in [0, 0.05) is 11.6 Å². The average Bonchev–Trinajstić information content (AvgIpc) is 3.03. The molecule has 18 nitrogen and oxygen atoms in total. The molecular formula is C28H32O18. The molecule has 3 aromatic rings. The number of hydrogen-bond acceptors (Lipinski definition) is 18. The van der Waals surface area contributed by atoms with E-state index in [2.05, 4.69) is 0 Å². The van der Waals surface area contributed by atoms with Crippen LogP contribution in [-0.2, 0) is 14.2 Å². The van der Waals surface area contributed by atoms with Crippen LogP contribution in [0.4, 0.5) is 0 Å². The first-order valence-corrected chi connectivity index (χ1v) is 13.7. The molecule has 0 radical (unpaired) electrons. The van der Waals surface area contributed by atoms with Crippen LogP contribution >= 0.6 is 0 Å². The predicted molar refractivity (Wildman–Crippen MR) is 148 cm³/mol. The Morgan fingerprint density at radius 3 is 2.00 bits per heavy atom. The molecule has 2 aliphatic heterocycles. The fourth-order valence-electron chi connectivity index (χ4n) is 5.18. The van der Waals surface area contributed by atoms with Gasteiger partial charge in [-0.15, -0.1) is 0 Å². The topological polar surface area (TPSA) is 299 Å². The van der Waals surface area contributed by atoms with Gasteiger partial charge in [-0.2, -0.15) is 0 Å². The highest BCUT2D eigenvalue weighted by molar-refractivity contribution is 5.91. The molecule has 2 fully saturated rings. The maximum Gasteiger partial charge on any atom is 0.238 e. The number of aliphatic hydroxyl groups is 7. The van der Waals surface area contributed by atoms with E-state index in [-0.39, 0.29) is 5.56 Å². The molecule has 18 heteroatoms. The molecule has 3 heterocycles. The van der Waals surface area contributed by atoms with Crippen LogP contribution in [0, 0.1) is 0 Å². The van der Waals surface area contributed by atoms with Crippen molar-refractivity contribution in [2.24, 2.45) is 0 Å². The highest BCUT2D eigenvalue weighted by Crippen LogP contribution is 2.45. The van der Waals surface area contributed by atoms with Gasteiger partial charge in [0.1, 0.15) is 53.7 Å². The highest BCUT2D eigenvalue weighted by atomic mass is 16.8. The van der Waals surface area contributed by atoms with Crippen molar-refractivity contribution in [3.05, 3.63) is 34.5 Å². The van der Waals surface area contributed by atoms with Gasteiger partial charge in [-0.25, -0.2) is 0 Å². The van der Waals surface area contributed by atoms with Crippen LogP contribution in [0.1, 0.15) is 0 Å². The molecular weight excluding hydrogens is 624 g/mol. The fraction of sp³-hybridized carbons (Fsp3) is 0.464. The van der Waals surface area contributed by atoms with Crippen LogP contribution in [0.2, 0.25) is 0 Å². The second-order valence-electron chi connectivity index (χ2n) is 10.6. The number of hydrogen-bond donors (Lipinski definition) is 11. The second kappa shape index (κ2) is 13.0. The summed E-state index contributed by atoms with van der Waals surface area (Å²) in [4.78, 5) is 13.1. The number of ether oxygens (including phenoxy) is 5. The maximum atomic E-state index is 13.1. The lowest BCUT2D eigenvalue weighted by atomic mass is 9.97. The summed E-state index contributed by atoms with van der Waals surface area (Å²) in [7, 11) is 1.08. The number of phenols is 3. The van der Waals surface area contributed by atoms with E-state index in [1.807, 2.05) is 0 Å². The molecule has 1 aromatic heterocycles. The van der Waals surface area contributed by atoms with Crippen molar-refractivity contribution >= 4 is 11.0 Å². The number of aromatic hydroxyl groups is 4. The number of aliphatic hydroxyl groups excluding tert-OH is 7. The van der Waals surface area contributed by atoms with Crippen molar-refractivity contribution < 1.29 is 84.3 Å². The maximum absolute atomic E-state index is 13.1. The predicted octanol–water partition coefficient (Wildman–Crippen LogP) is -2.71. The standard InChI is InChI=1S/C28H32O18/c1-41-25-12(5-11-15(19(25)36)18(35)22(39)24(42-11)8-2-3-9(31)10(32)4-8)43-28-26(21(38)17(34)14(7-30)45-28)46-27-23(40)20(37)16(33)13(6-29)44-27/h2-5,13-14,16-17,20-21,23,26-34,36-40H,6-7H2,1H3/t13-,14-,16-,17-,20+,21+,23-,26-,27+,28-/m1/s1. The van der Waals surface area contributed by atoms with E-state index in [0.29, 0.717) is 0 Å². The van der Waals surface area contributed by atoms with Crippen molar-refractivity contribution in [1.82, 2.24) is 0 Å². The van der Waals surface area contributed by atoms with Gasteiger partial charge in [0.2, 0.25) is 23.2 Å². The third kappa shape index (κ3) is 5.75. The molecule has 0 amide bonds. The normalized spacial score (nSPS) is 31.6. The van der Waals surface area contributed by atoms with Crippen molar-refractivity contribution in [1.29, 1.82) is 0 Å². The molecule has 5 rings (SSSR count). The summed E-state index contributed by atoms with van der Waals surface area (Å²) >= 11 is 0. The molecule has 0 aliphatic carbocycles. The van der Waals surface area contributed by atoms with Gasteiger partial charge in [-0.1, -0.05) is 0 Å². The number of fused-ring (bicyclic) bond motifs is 1. The number of phenolic OH excluding ortho intramolecular Hbond substituents is 3. The highest BCUT2D eigenvalue weighted by Gasteiger charge is 2.51. The van der Waals surface area contributed by atoms with Crippen LogP contribution in [0.15, 0.2) is 33.5 Å². The second-order valence-corrected chi connectivity index (χ2v) is 10.6. The smallest absolute Gasteiger partial charge is 0.238 e. The molecule has 11 N–H and O–H groups in total. The summed E-state index contributed by atoms with van der Waals surface area (Å²) in [5.41, 5.74) is -1.57. The molecule has 46 heavy (non-hydrogen) atoms. The first-order chi connectivity index (χ1) is 21.8. The van der Waals surface area contributed by atoms with E-state index < -0.39 is 131 Å². The minimum absolute atomic E-state index is 0.0453. The minimum Gasteiger partial charge on any atom is -0.504 e. The van der Waals surface area contributed by atoms with Gasteiger partial charge in [-0.05, 0) is 18.2 Å². The first-order valence-electron chi connectivity index (χ1n) is 13.7. The number of benzene rings is 2. The zero-order chi connectivity index (χ0) is 33.6. The number of rotatable bonds is 8. The van der Waals surface area contributed by atoms with Crippen molar-refractivity contribution in [3.8, 4) is 45.8 Å². The lowest BCUT2D eigenvalue weighted by Gasteiger charge is -2.45. The van der Waals surface area contributed by atoms with Gasteiger partial charge in [0.25, 0.3) is 0 Å². The molecule has 2 aromatic carbocycles. The van der Waals surface area contributed by atoms with Gasteiger partial charge in [0.05, 0.1) is 20.3 Å². The van der Waals surface area contributed by atoms with E-state index in [9.17, 15) is 61.0 Å². The lowest BCUT2D eigenvalue weighted by Crippen LogP contribution is -2.65.